The molecule has 2 aromatic rings. The first-order valence-electron chi connectivity index (χ1n) is 9.22. The van der Waals surface area contributed by atoms with Crippen molar-refractivity contribution in [2.75, 3.05) is 40.5 Å². The quantitative estimate of drug-likeness (QED) is 0.651. The van der Waals surface area contributed by atoms with Crippen LogP contribution in [0.1, 0.15) is 39.8 Å². The van der Waals surface area contributed by atoms with Crippen LogP contribution < -0.4 is 5.32 Å². The maximum Gasteiger partial charge on any atom is 0.275 e. The minimum atomic E-state index is -0.258. The number of hydrogen-bond acceptors (Lipinski definition) is 6. The van der Waals surface area contributed by atoms with Crippen LogP contribution in [-0.4, -0.2) is 76.6 Å². The second-order valence-corrected chi connectivity index (χ2v) is 6.56. The Bertz CT molecular complexity index is 830. The second-order valence-electron chi connectivity index (χ2n) is 6.56. The van der Waals surface area contributed by atoms with Crippen molar-refractivity contribution < 1.29 is 19.1 Å². The summed E-state index contributed by atoms with van der Waals surface area (Å²) in [5, 5.41) is 7.09. The van der Waals surface area contributed by atoms with Gasteiger partial charge < -0.3 is 24.3 Å². The van der Waals surface area contributed by atoms with Gasteiger partial charge in [0.25, 0.3) is 11.8 Å². The molecule has 1 aliphatic heterocycles. The Morgan fingerprint density at radius 1 is 1.21 bits per heavy atom. The molecule has 28 heavy (non-hydrogen) atoms. The average molecular weight is 390 g/mol. The van der Waals surface area contributed by atoms with E-state index in [4.69, 9.17) is 9.47 Å². The average Bonchev–Trinajstić information content (AvgIpc) is 3.34. The molecule has 2 aromatic heterocycles. The minimum Gasteiger partial charge on any atom is -0.383 e. The summed E-state index contributed by atoms with van der Waals surface area (Å²) in [6, 6.07) is 1.45. The van der Waals surface area contributed by atoms with E-state index in [1.165, 1.54) is 0 Å². The lowest BCUT2D eigenvalue weighted by Gasteiger charge is -2.33. The van der Waals surface area contributed by atoms with E-state index in [9.17, 15) is 9.59 Å². The molecule has 0 aromatic carbocycles. The Kier molecular flexibility index (Phi) is 6.42. The first-order chi connectivity index (χ1) is 13.5. The molecule has 0 saturated heterocycles. The molecule has 0 fully saturated rings. The standard InChI is InChI=1S/C18H26N6O4/c1-13-16-20-15(17(25)19-5-10-27-2)12-22(16)7-8-24(13)18(26)14-4-6-23(21-14)9-11-28-3/h4,6,12-13H,5,7-11H2,1-3H3,(H,19,25)/t13-/m0/s1. The number of aromatic nitrogens is 4. The summed E-state index contributed by atoms with van der Waals surface area (Å²) in [7, 11) is 3.20. The SMILES string of the molecule is COCCNC(=O)c1cn2c(n1)[C@H](C)N(C(=O)c1ccn(CCOC)n1)CC2. The number of carbonyl (C=O) groups is 2. The predicted molar refractivity (Wildman–Crippen MR) is 100.0 cm³/mol. The Morgan fingerprint density at radius 2 is 2.00 bits per heavy atom. The summed E-state index contributed by atoms with van der Waals surface area (Å²) < 4.78 is 13.6. The van der Waals surface area contributed by atoms with Gasteiger partial charge in [0.2, 0.25) is 0 Å². The molecule has 0 spiro atoms. The number of ether oxygens (including phenoxy) is 2. The van der Waals surface area contributed by atoms with Crippen molar-refractivity contribution in [2.45, 2.75) is 26.1 Å². The lowest BCUT2D eigenvalue weighted by atomic mass is 10.2. The monoisotopic (exact) mass is 390 g/mol. The Balaban J connectivity index is 1.70. The van der Waals surface area contributed by atoms with Crippen LogP contribution in [-0.2, 0) is 22.6 Å². The van der Waals surface area contributed by atoms with E-state index < -0.39 is 0 Å². The van der Waals surface area contributed by atoms with Gasteiger partial charge in [-0.15, -0.1) is 0 Å². The van der Waals surface area contributed by atoms with E-state index in [0.29, 0.717) is 56.6 Å². The highest BCUT2D eigenvalue weighted by Gasteiger charge is 2.32. The summed E-state index contributed by atoms with van der Waals surface area (Å²) in [4.78, 5) is 31.3. The number of rotatable bonds is 8. The van der Waals surface area contributed by atoms with E-state index in [-0.39, 0.29) is 17.9 Å². The largest absolute Gasteiger partial charge is 0.383 e. The molecule has 1 atom stereocenters. The lowest BCUT2D eigenvalue weighted by molar-refractivity contribution is 0.0630. The first kappa shape index (κ1) is 20.0. The van der Waals surface area contributed by atoms with Gasteiger partial charge in [-0.3, -0.25) is 14.3 Å². The van der Waals surface area contributed by atoms with Gasteiger partial charge in [-0.1, -0.05) is 0 Å². The number of imidazole rings is 1. The van der Waals surface area contributed by atoms with Crippen LogP contribution in [0, 0.1) is 0 Å². The molecule has 1 N–H and O–H groups in total. The molecule has 3 heterocycles. The van der Waals surface area contributed by atoms with Crippen LogP contribution in [0.4, 0.5) is 0 Å². The van der Waals surface area contributed by atoms with Crippen LogP contribution in [0.2, 0.25) is 0 Å². The highest BCUT2D eigenvalue weighted by Crippen LogP contribution is 2.26. The first-order valence-corrected chi connectivity index (χ1v) is 9.22. The number of hydrogen-bond donors (Lipinski definition) is 1. The fraction of sp³-hybridized carbons (Fsp3) is 0.556. The summed E-state index contributed by atoms with van der Waals surface area (Å²) in [6.07, 6.45) is 3.50. The fourth-order valence-corrected chi connectivity index (χ4v) is 3.17. The summed E-state index contributed by atoms with van der Waals surface area (Å²) in [6.45, 7) is 4.99. The third-order valence-electron chi connectivity index (χ3n) is 4.70. The summed E-state index contributed by atoms with van der Waals surface area (Å²) in [5.41, 5.74) is 0.733. The highest BCUT2D eigenvalue weighted by atomic mass is 16.5. The smallest absolute Gasteiger partial charge is 0.275 e. The van der Waals surface area contributed by atoms with Gasteiger partial charge in [0.15, 0.2) is 0 Å². The van der Waals surface area contributed by atoms with Crippen LogP contribution in [0.15, 0.2) is 18.5 Å². The predicted octanol–water partition coefficient (Wildman–Crippen LogP) is 0.319. The van der Waals surface area contributed by atoms with E-state index in [0.717, 1.165) is 0 Å². The molecular formula is C18H26N6O4. The van der Waals surface area contributed by atoms with E-state index in [1.807, 2.05) is 11.5 Å². The van der Waals surface area contributed by atoms with Crippen LogP contribution in [0.25, 0.3) is 0 Å². The molecule has 0 saturated carbocycles. The minimum absolute atomic E-state index is 0.149. The van der Waals surface area contributed by atoms with Crippen LogP contribution in [0.5, 0.6) is 0 Å². The van der Waals surface area contributed by atoms with Gasteiger partial charge in [-0.05, 0) is 13.0 Å². The van der Waals surface area contributed by atoms with Crippen molar-refractivity contribution in [3.8, 4) is 0 Å². The number of nitrogens with zero attached hydrogens (tertiary/aromatic N) is 5. The Morgan fingerprint density at radius 3 is 2.75 bits per heavy atom. The van der Waals surface area contributed by atoms with Crippen molar-refractivity contribution in [1.29, 1.82) is 0 Å². The second kappa shape index (κ2) is 8.98. The number of fused-ring (bicyclic) bond motifs is 1. The molecule has 3 rings (SSSR count). The maximum atomic E-state index is 12.9. The van der Waals surface area contributed by atoms with Gasteiger partial charge in [-0.2, -0.15) is 5.10 Å². The topological polar surface area (TPSA) is 104 Å². The molecular weight excluding hydrogens is 364 g/mol. The molecule has 0 unspecified atom stereocenters. The van der Waals surface area contributed by atoms with E-state index in [1.54, 1.807) is 42.3 Å². The highest BCUT2D eigenvalue weighted by molar-refractivity contribution is 5.93. The van der Waals surface area contributed by atoms with Crippen LogP contribution in [0.3, 0.4) is 0 Å². The van der Waals surface area contributed by atoms with Crippen molar-refractivity contribution in [2.24, 2.45) is 0 Å². The van der Waals surface area contributed by atoms with Crippen molar-refractivity contribution in [3.05, 3.63) is 35.7 Å². The third-order valence-corrected chi connectivity index (χ3v) is 4.70. The maximum absolute atomic E-state index is 12.9. The molecule has 0 aliphatic carbocycles. The normalized spacial score (nSPS) is 16.1. The molecule has 2 amide bonds. The molecule has 152 valence electrons. The van der Waals surface area contributed by atoms with Crippen molar-refractivity contribution in [3.63, 3.8) is 0 Å². The molecule has 0 radical (unpaired) electrons. The van der Waals surface area contributed by atoms with Gasteiger partial charge >= 0.3 is 0 Å². The van der Waals surface area contributed by atoms with E-state index >= 15 is 0 Å². The van der Waals surface area contributed by atoms with Gasteiger partial charge in [0.1, 0.15) is 17.2 Å². The Labute approximate surface area is 163 Å². The fourth-order valence-electron chi connectivity index (χ4n) is 3.17. The third kappa shape index (κ3) is 4.23. The lowest BCUT2D eigenvalue weighted by Crippen LogP contribution is -2.41. The van der Waals surface area contributed by atoms with Crippen molar-refractivity contribution in [1.82, 2.24) is 29.5 Å². The number of nitrogens with one attached hydrogen (secondary N) is 1. The van der Waals surface area contributed by atoms with Crippen LogP contribution >= 0.6 is 0 Å². The van der Waals surface area contributed by atoms with Crippen molar-refractivity contribution >= 4 is 11.8 Å². The van der Waals surface area contributed by atoms with Gasteiger partial charge in [0, 0.05) is 46.2 Å². The summed E-state index contributed by atoms with van der Waals surface area (Å²) in [5.74, 6) is 0.292. The van der Waals surface area contributed by atoms with E-state index in [2.05, 4.69) is 15.4 Å². The van der Waals surface area contributed by atoms with Gasteiger partial charge in [0.05, 0.1) is 25.8 Å². The molecule has 10 heteroatoms. The Hall–Kier alpha value is -2.72. The zero-order valence-electron chi connectivity index (χ0n) is 16.4. The number of carbonyl (C=O) groups excluding carboxylic acids is 2. The molecule has 10 nitrogen and oxygen atoms in total. The number of methoxy groups -OCH3 is 2. The number of amides is 2. The molecule has 1 aliphatic rings. The summed E-state index contributed by atoms with van der Waals surface area (Å²) >= 11 is 0. The van der Waals surface area contributed by atoms with Gasteiger partial charge in [-0.25, -0.2) is 4.98 Å². The zero-order chi connectivity index (χ0) is 20.1. The zero-order valence-corrected chi connectivity index (χ0v) is 16.4. The molecule has 0 bridgehead atoms.